The number of aliphatic imine (C=N–C) groups is 1. The van der Waals surface area contributed by atoms with Gasteiger partial charge < -0.3 is 20.1 Å². The Balaban J connectivity index is 1.57. The number of nitrogens with one attached hydrogen (secondary N) is 2. The fraction of sp³-hybridized carbons (Fsp3) is 0.600. The zero-order valence-electron chi connectivity index (χ0n) is 17.5. The Morgan fingerprint density at radius 2 is 2.24 bits per heavy atom. The summed E-state index contributed by atoms with van der Waals surface area (Å²) in [5, 5.41) is 11.4. The minimum absolute atomic E-state index is 0.250. The second-order valence-electron chi connectivity index (χ2n) is 6.99. The summed E-state index contributed by atoms with van der Waals surface area (Å²) in [6, 6.07) is 4.15. The van der Waals surface area contributed by atoms with E-state index in [0.29, 0.717) is 25.6 Å². The van der Waals surface area contributed by atoms with Crippen molar-refractivity contribution in [2.75, 3.05) is 20.3 Å². The van der Waals surface area contributed by atoms with E-state index in [1.807, 2.05) is 23.0 Å². The van der Waals surface area contributed by atoms with Crippen LogP contribution in [0.2, 0.25) is 0 Å². The van der Waals surface area contributed by atoms with Crippen molar-refractivity contribution in [3.63, 3.8) is 0 Å². The molecule has 0 spiro atoms. The number of aryl methyl sites for hydroxylation is 1. The molecule has 0 radical (unpaired) electrons. The van der Waals surface area contributed by atoms with Gasteiger partial charge >= 0.3 is 0 Å². The Bertz CT molecular complexity index is 789. The van der Waals surface area contributed by atoms with Gasteiger partial charge in [-0.1, -0.05) is 13.0 Å². The van der Waals surface area contributed by atoms with Gasteiger partial charge in [0, 0.05) is 38.4 Å². The van der Waals surface area contributed by atoms with E-state index < -0.39 is 0 Å². The molecule has 2 N–H and O–H groups in total. The molecular formula is C20H31N7O2. The van der Waals surface area contributed by atoms with E-state index in [9.17, 15) is 0 Å². The normalized spacial score (nSPS) is 16.4. The summed E-state index contributed by atoms with van der Waals surface area (Å²) in [5.41, 5.74) is 1.04. The lowest BCUT2D eigenvalue weighted by molar-refractivity contribution is 0.177. The van der Waals surface area contributed by atoms with E-state index >= 15 is 0 Å². The summed E-state index contributed by atoms with van der Waals surface area (Å²) in [6.45, 7) is 7.38. The lowest BCUT2D eigenvalue weighted by Crippen LogP contribution is -2.47. The lowest BCUT2D eigenvalue weighted by atomic mass is 10.1. The molecule has 29 heavy (non-hydrogen) atoms. The number of ether oxygens (including phenoxy) is 2. The Morgan fingerprint density at radius 1 is 1.34 bits per heavy atom. The van der Waals surface area contributed by atoms with Gasteiger partial charge in [-0.3, -0.25) is 0 Å². The molecule has 0 fully saturated rings. The van der Waals surface area contributed by atoms with Gasteiger partial charge in [-0.05, 0) is 25.3 Å². The Labute approximate surface area is 171 Å². The maximum absolute atomic E-state index is 5.53. The summed E-state index contributed by atoms with van der Waals surface area (Å²) >= 11 is 0. The van der Waals surface area contributed by atoms with Crippen molar-refractivity contribution in [1.82, 2.24) is 30.4 Å². The summed E-state index contributed by atoms with van der Waals surface area (Å²) < 4.78 is 12.6. The maximum Gasteiger partial charge on any atom is 0.213 e. The van der Waals surface area contributed by atoms with Crippen LogP contribution in [0.5, 0.6) is 5.88 Å². The van der Waals surface area contributed by atoms with Gasteiger partial charge in [0.05, 0.1) is 19.7 Å². The molecule has 1 unspecified atom stereocenters. The Kier molecular flexibility index (Phi) is 7.80. The quantitative estimate of drug-likeness (QED) is 0.487. The number of aromatic nitrogens is 4. The molecule has 158 valence electrons. The van der Waals surface area contributed by atoms with E-state index in [2.05, 4.69) is 39.5 Å². The van der Waals surface area contributed by atoms with Gasteiger partial charge in [-0.25, -0.2) is 19.6 Å². The zero-order chi connectivity index (χ0) is 20.5. The van der Waals surface area contributed by atoms with Gasteiger partial charge in [-0.2, -0.15) is 5.10 Å². The summed E-state index contributed by atoms with van der Waals surface area (Å²) in [6.07, 6.45) is 4.66. The second kappa shape index (κ2) is 10.8. The smallest absolute Gasteiger partial charge is 0.213 e. The van der Waals surface area contributed by atoms with Gasteiger partial charge in [0.2, 0.25) is 5.88 Å². The molecule has 1 atom stereocenters. The molecule has 3 heterocycles. The molecular weight excluding hydrogens is 370 g/mol. The molecule has 9 heteroatoms. The minimum atomic E-state index is 0.250. The number of fused-ring (bicyclic) bond motifs is 1. The van der Waals surface area contributed by atoms with Crippen molar-refractivity contribution >= 4 is 5.96 Å². The molecule has 0 aliphatic carbocycles. The van der Waals surface area contributed by atoms with Crippen molar-refractivity contribution in [2.24, 2.45) is 4.99 Å². The van der Waals surface area contributed by atoms with Crippen molar-refractivity contribution in [3.05, 3.63) is 35.5 Å². The van der Waals surface area contributed by atoms with Crippen LogP contribution in [0.3, 0.4) is 0 Å². The fourth-order valence-corrected chi connectivity index (χ4v) is 3.15. The van der Waals surface area contributed by atoms with Gasteiger partial charge in [-0.15, -0.1) is 0 Å². The molecule has 3 rings (SSSR count). The van der Waals surface area contributed by atoms with Crippen LogP contribution in [0.15, 0.2) is 23.3 Å². The first-order chi connectivity index (χ1) is 14.2. The first-order valence-corrected chi connectivity index (χ1v) is 10.3. The number of pyridine rings is 1. The zero-order valence-corrected chi connectivity index (χ0v) is 17.5. The van der Waals surface area contributed by atoms with Crippen LogP contribution in [0.1, 0.15) is 43.9 Å². The molecule has 0 saturated carbocycles. The van der Waals surface area contributed by atoms with Gasteiger partial charge in [0.1, 0.15) is 12.4 Å². The summed E-state index contributed by atoms with van der Waals surface area (Å²) in [5.74, 6) is 3.21. The van der Waals surface area contributed by atoms with Crippen molar-refractivity contribution in [2.45, 2.75) is 58.8 Å². The molecule has 0 saturated heterocycles. The number of rotatable bonds is 9. The highest BCUT2D eigenvalue weighted by molar-refractivity contribution is 5.80. The number of hydrogen-bond donors (Lipinski definition) is 2. The van der Waals surface area contributed by atoms with Gasteiger partial charge in [0.15, 0.2) is 11.8 Å². The number of methoxy groups -OCH3 is 1. The lowest BCUT2D eigenvalue weighted by Gasteiger charge is -2.25. The van der Waals surface area contributed by atoms with E-state index in [1.165, 1.54) is 0 Å². The molecule has 0 bridgehead atoms. The average molecular weight is 402 g/mol. The van der Waals surface area contributed by atoms with Gasteiger partial charge in [0.25, 0.3) is 0 Å². The average Bonchev–Trinajstić information content (AvgIpc) is 3.13. The largest absolute Gasteiger partial charge is 0.478 e. The standard InChI is InChI=1S/C20H31N7O2/c1-4-10-29-19-9-6-15(11-22-19)12-23-20(21-5-2)24-16-7-8-18-25-17(14-28-3)26-27(18)13-16/h6,9,11,16H,4-5,7-8,10,12-14H2,1-3H3,(H2,21,23,24). The van der Waals surface area contributed by atoms with Crippen molar-refractivity contribution in [3.8, 4) is 5.88 Å². The summed E-state index contributed by atoms with van der Waals surface area (Å²) in [4.78, 5) is 13.6. The third kappa shape index (κ3) is 6.15. The van der Waals surface area contributed by atoms with Crippen LogP contribution in [0.25, 0.3) is 0 Å². The summed E-state index contributed by atoms with van der Waals surface area (Å²) in [7, 11) is 1.66. The molecule has 1 aliphatic heterocycles. The topological polar surface area (TPSA) is 98.5 Å². The van der Waals surface area contributed by atoms with E-state index in [4.69, 9.17) is 14.5 Å². The number of hydrogen-bond acceptors (Lipinski definition) is 6. The first kappa shape index (κ1) is 21.0. The SMILES string of the molecule is CCCOc1ccc(CN=C(NCC)NC2CCc3nc(COC)nn3C2)cn1. The van der Waals surface area contributed by atoms with E-state index in [1.54, 1.807) is 7.11 Å². The molecule has 0 amide bonds. The first-order valence-electron chi connectivity index (χ1n) is 10.3. The van der Waals surface area contributed by atoms with Crippen LogP contribution in [-0.4, -0.2) is 52.0 Å². The Hall–Kier alpha value is -2.68. The molecule has 9 nitrogen and oxygen atoms in total. The van der Waals surface area contributed by atoms with Crippen LogP contribution >= 0.6 is 0 Å². The third-order valence-electron chi connectivity index (χ3n) is 4.53. The van der Waals surface area contributed by atoms with Crippen LogP contribution in [-0.2, 0) is 30.9 Å². The molecule has 1 aliphatic rings. The molecule has 0 aromatic carbocycles. The van der Waals surface area contributed by atoms with E-state index in [0.717, 1.165) is 55.5 Å². The highest BCUT2D eigenvalue weighted by Gasteiger charge is 2.22. The Morgan fingerprint density at radius 3 is 2.97 bits per heavy atom. The van der Waals surface area contributed by atoms with Crippen molar-refractivity contribution < 1.29 is 9.47 Å². The van der Waals surface area contributed by atoms with Crippen LogP contribution in [0, 0.1) is 0 Å². The fourth-order valence-electron chi connectivity index (χ4n) is 3.15. The predicted octanol–water partition coefficient (Wildman–Crippen LogP) is 1.68. The van der Waals surface area contributed by atoms with Crippen LogP contribution < -0.4 is 15.4 Å². The highest BCUT2D eigenvalue weighted by Crippen LogP contribution is 2.14. The minimum Gasteiger partial charge on any atom is -0.478 e. The highest BCUT2D eigenvalue weighted by atomic mass is 16.5. The predicted molar refractivity (Wildman–Crippen MR) is 111 cm³/mol. The number of nitrogens with zero attached hydrogens (tertiary/aromatic N) is 5. The third-order valence-corrected chi connectivity index (χ3v) is 4.53. The second-order valence-corrected chi connectivity index (χ2v) is 6.99. The van der Waals surface area contributed by atoms with Crippen molar-refractivity contribution in [1.29, 1.82) is 0 Å². The monoisotopic (exact) mass is 401 g/mol. The number of guanidine groups is 1. The van der Waals surface area contributed by atoms with Crippen LogP contribution in [0.4, 0.5) is 0 Å². The maximum atomic E-state index is 5.53. The van der Waals surface area contributed by atoms with E-state index in [-0.39, 0.29) is 6.04 Å². The molecule has 2 aromatic heterocycles. The molecule has 2 aromatic rings.